The molecule has 1 amide bonds. The molecule has 2 N–H and O–H groups in total. The number of carbonyl (C=O) groups is 1. The maximum absolute atomic E-state index is 12.3. The Morgan fingerprint density at radius 1 is 1.05 bits per heavy atom. The third-order valence-electron chi connectivity index (χ3n) is 4.87. The molecule has 2 aliphatic carbocycles. The highest BCUT2D eigenvalue weighted by molar-refractivity contribution is 5.76. The summed E-state index contributed by atoms with van der Waals surface area (Å²) in [5.41, 5.74) is 0. The molecule has 0 aromatic heterocycles. The molecule has 0 aromatic rings. The maximum Gasteiger partial charge on any atom is 0.222 e. The number of hydrogen-bond donors (Lipinski definition) is 2. The number of aliphatic hydroxyl groups excluding tert-OH is 2. The third kappa shape index (κ3) is 3.69. The molecule has 0 aliphatic heterocycles. The van der Waals surface area contributed by atoms with Gasteiger partial charge in [-0.1, -0.05) is 25.7 Å². The van der Waals surface area contributed by atoms with Crippen molar-refractivity contribution in [3.8, 4) is 0 Å². The number of aliphatic hydroxyl groups is 2. The zero-order valence-corrected chi connectivity index (χ0v) is 11.9. The van der Waals surface area contributed by atoms with Gasteiger partial charge in [0.2, 0.25) is 5.91 Å². The van der Waals surface area contributed by atoms with E-state index in [1.807, 2.05) is 0 Å². The molecule has 2 fully saturated rings. The van der Waals surface area contributed by atoms with Crippen LogP contribution in [-0.2, 0) is 4.79 Å². The van der Waals surface area contributed by atoms with E-state index in [1.165, 1.54) is 12.8 Å². The van der Waals surface area contributed by atoms with Gasteiger partial charge in [0.05, 0.1) is 12.1 Å². The summed E-state index contributed by atoms with van der Waals surface area (Å²) in [5.74, 6) is 0.660. The number of nitrogens with zero attached hydrogens (tertiary/aromatic N) is 1. The van der Waals surface area contributed by atoms with Gasteiger partial charge in [-0.3, -0.25) is 4.79 Å². The highest BCUT2D eigenvalue weighted by Gasteiger charge is 2.34. The Morgan fingerprint density at radius 3 is 2.32 bits per heavy atom. The SMILES string of the molecule is CN(C(=O)CC1CCCC1)[C@@H]1CCCC[C@@H](O)[C@@H]1O. The van der Waals surface area contributed by atoms with Gasteiger partial charge in [-0.15, -0.1) is 0 Å². The van der Waals surface area contributed by atoms with E-state index >= 15 is 0 Å². The summed E-state index contributed by atoms with van der Waals surface area (Å²) in [5, 5.41) is 20.0. The first kappa shape index (κ1) is 14.8. The van der Waals surface area contributed by atoms with Crippen LogP contribution in [0.15, 0.2) is 0 Å². The van der Waals surface area contributed by atoms with Gasteiger partial charge >= 0.3 is 0 Å². The quantitative estimate of drug-likeness (QED) is 0.766. The van der Waals surface area contributed by atoms with E-state index in [4.69, 9.17) is 0 Å². The lowest BCUT2D eigenvalue weighted by Gasteiger charge is -2.33. The van der Waals surface area contributed by atoms with Crippen LogP contribution in [0.25, 0.3) is 0 Å². The lowest BCUT2D eigenvalue weighted by atomic mass is 9.99. The van der Waals surface area contributed by atoms with Crippen molar-refractivity contribution in [2.24, 2.45) is 5.92 Å². The number of rotatable bonds is 3. The minimum atomic E-state index is -0.792. The molecule has 110 valence electrons. The number of likely N-dealkylation sites (N-methyl/N-ethyl adjacent to an activating group) is 1. The van der Waals surface area contributed by atoms with Crippen molar-refractivity contribution in [2.45, 2.75) is 76.0 Å². The molecule has 3 atom stereocenters. The van der Waals surface area contributed by atoms with Gasteiger partial charge in [0.1, 0.15) is 6.10 Å². The summed E-state index contributed by atoms with van der Waals surface area (Å²) in [6.07, 6.45) is 7.28. The smallest absolute Gasteiger partial charge is 0.222 e. The minimum absolute atomic E-state index is 0.130. The van der Waals surface area contributed by atoms with E-state index in [9.17, 15) is 15.0 Å². The first-order valence-corrected chi connectivity index (χ1v) is 7.71. The highest BCUT2D eigenvalue weighted by Crippen LogP contribution is 2.29. The molecule has 0 radical (unpaired) electrons. The molecule has 2 aliphatic rings. The van der Waals surface area contributed by atoms with Crippen molar-refractivity contribution >= 4 is 5.91 Å². The van der Waals surface area contributed by atoms with Crippen molar-refractivity contribution in [3.05, 3.63) is 0 Å². The van der Waals surface area contributed by atoms with Gasteiger partial charge in [0, 0.05) is 13.5 Å². The second-order valence-corrected chi connectivity index (χ2v) is 6.27. The molecule has 0 spiro atoms. The van der Waals surface area contributed by atoms with Crippen LogP contribution in [0.1, 0.15) is 57.8 Å². The average molecular weight is 269 g/mol. The van der Waals surface area contributed by atoms with Gasteiger partial charge < -0.3 is 15.1 Å². The molecule has 0 unspecified atom stereocenters. The molecule has 0 aromatic carbocycles. The molecule has 0 bridgehead atoms. The van der Waals surface area contributed by atoms with Crippen molar-refractivity contribution < 1.29 is 15.0 Å². The largest absolute Gasteiger partial charge is 0.390 e. The normalized spacial score (nSPS) is 33.1. The lowest BCUT2D eigenvalue weighted by molar-refractivity contribution is -0.137. The van der Waals surface area contributed by atoms with Crippen molar-refractivity contribution in [2.75, 3.05) is 7.05 Å². The second kappa shape index (κ2) is 6.71. The van der Waals surface area contributed by atoms with Gasteiger partial charge in [0.25, 0.3) is 0 Å². The van der Waals surface area contributed by atoms with Crippen LogP contribution in [-0.4, -0.2) is 46.3 Å². The van der Waals surface area contributed by atoms with Crippen LogP contribution in [0.5, 0.6) is 0 Å². The monoisotopic (exact) mass is 269 g/mol. The molecule has 0 heterocycles. The molecule has 4 nitrogen and oxygen atoms in total. The van der Waals surface area contributed by atoms with Gasteiger partial charge in [-0.05, 0) is 31.6 Å². The fourth-order valence-corrected chi connectivity index (χ4v) is 3.52. The summed E-state index contributed by atoms with van der Waals surface area (Å²) < 4.78 is 0. The molecular weight excluding hydrogens is 242 g/mol. The van der Waals surface area contributed by atoms with Crippen LogP contribution >= 0.6 is 0 Å². The van der Waals surface area contributed by atoms with Gasteiger partial charge in [-0.25, -0.2) is 0 Å². The van der Waals surface area contributed by atoms with E-state index < -0.39 is 12.2 Å². The molecule has 2 rings (SSSR count). The van der Waals surface area contributed by atoms with Crippen LogP contribution in [0.2, 0.25) is 0 Å². The van der Waals surface area contributed by atoms with E-state index in [2.05, 4.69) is 0 Å². The van der Waals surface area contributed by atoms with Crippen LogP contribution in [0, 0.1) is 5.92 Å². The molecule has 0 saturated heterocycles. The molecular formula is C15H27NO3. The Hall–Kier alpha value is -0.610. The standard InChI is InChI=1S/C15H27NO3/c1-16(14(18)10-11-6-2-3-7-11)12-8-4-5-9-13(17)15(12)19/h11-13,15,17,19H,2-10H2,1H3/t12-,13-,15-/m1/s1. The third-order valence-corrected chi connectivity index (χ3v) is 4.87. The van der Waals surface area contributed by atoms with Crippen LogP contribution in [0.3, 0.4) is 0 Å². The Morgan fingerprint density at radius 2 is 1.63 bits per heavy atom. The molecule has 2 saturated carbocycles. The van der Waals surface area contributed by atoms with Crippen LogP contribution < -0.4 is 0 Å². The number of hydrogen-bond acceptors (Lipinski definition) is 3. The molecule has 19 heavy (non-hydrogen) atoms. The summed E-state index contributed by atoms with van der Waals surface area (Å²) in [6.45, 7) is 0. The van der Waals surface area contributed by atoms with Crippen molar-refractivity contribution in [1.29, 1.82) is 0 Å². The predicted molar refractivity (Wildman–Crippen MR) is 73.6 cm³/mol. The van der Waals surface area contributed by atoms with Gasteiger partial charge in [0.15, 0.2) is 0 Å². The first-order valence-electron chi connectivity index (χ1n) is 7.71. The summed E-state index contributed by atoms with van der Waals surface area (Å²) in [7, 11) is 1.78. The Balaban J connectivity index is 1.92. The summed E-state index contributed by atoms with van der Waals surface area (Å²) >= 11 is 0. The Bertz CT molecular complexity index is 302. The fourth-order valence-electron chi connectivity index (χ4n) is 3.52. The maximum atomic E-state index is 12.3. The average Bonchev–Trinajstić information content (AvgIpc) is 2.84. The number of carbonyl (C=O) groups excluding carboxylic acids is 1. The van der Waals surface area contributed by atoms with Crippen molar-refractivity contribution in [1.82, 2.24) is 4.90 Å². The Labute approximate surface area is 115 Å². The predicted octanol–water partition coefficient (Wildman–Crippen LogP) is 1.69. The molecule has 4 heteroatoms. The second-order valence-electron chi connectivity index (χ2n) is 6.27. The number of amides is 1. The van der Waals surface area contributed by atoms with E-state index in [0.717, 1.165) is 32.1 Å². The van der Waals surface area contributed by atoms with Crippen LogP contribution in [0.4, 0.5) is 0 Å². The van der Waals surface area contributed by atoms with E-state index in [0.29, 0.717) is 18.8 Å². The highest BCUT2D eigenvalue weighted by atomic mass is 16.3. The zero-order chi connectivity index (χ0) is 13.8. The zero-order valence-electron chi connectivity index (χ0n) is 11.9. The minimum Gasteiger partial charge on any atom is -0.390 e. The summed E-state index contributed by atoms with van der Waals surface area (Å²) in [6, 6.07) is -0.216. The topological polar surface area (TPSA) is 60.8 Å². The first-order chi connectivity index (χ1) is 9.09. The summed E-state index contributed by atoms with van der Waals surface area (Å²) in [4.78, 5) is 14.0. The Kier molecular flexibility index (Phi) is 5.22. The lowest BCUT2D eigenvalue weighted by Crippen LogP contribution is -2.48. The van der Waals surface area contributed by atoms with Crippen molar-refractivity contribution in [3.63, 3.8) is 0 Å². The van der Waals surface area contributed by atoms with E-state index in [1.54, 1.807) is 11.9 Å². The fraction of sp³-hybridized carbons (Fsp3) is 0.933. The van der Waals surface area contributed by atoms with Gasteiger partial charge in [-0.2, -0.15) is 0 Å². The van der Waals surface area contributed by atoms with E-state index in [-0.39, 0.29) is 11.9 Å².